The van der Waals surface area contributed by atoms with Crippen LogP contribution in [0.4, 0.5) is 30.6 Å². The standard InChI is InChI=1S/C18H23F3N8/c1-12-6-24-18(26-14-7-25-29(10-14)11-16(20)21)27-17(12)23-8-15-5-13(19)9-28(15)4-3-22-2/h6-7,10,13,15-16H,3-5,8-9,11H2,1H3,(H2,23,24,26,27)/t13-,15-/m0/s1. The number of aromatic nitrogens is 4. The number of hydrogen-bond acceptors (Lipinski definition) is 6. The Hall–Kier alpha value is -2.87. The quantitative estimate of drug-likeness (QED) is 0.622. The zero-order valence-corrected chi connectivity index (χ0v) is 16.0. The molecule has 156 valence electrons. The van der Waals surface area contributed by atoms with Gasteiger partial charge in [-0.1, -0.05) is 0 Å². The Balaban J connectivity index is 1.61. The summed E-state index contributed by atoms with van der Waals surface area (Å²) in [5, 5.41) is 10.0. The molecule has 0 radical (unpaired) electrons. The average Bonchev–Trinajstić information content (AvgIpc) is 3.25. The molecular weight excluding hydrogens is 385 g/mol. The van der Waals surface area contributed by atoms with E-state index in [2.05, 4.69) is 30.5 Å². The summed E-state index contributed by atoms with van der Waals surface area (Å²) in [5.41, 5.74) is 1.33. The average molecular weight is 408 g/mol. The number of nitrogens with one attached hydrogen (secondary N) is 2. The van der Waals surface area contributed by atoms with Crippen LogP contribution in [-0.4, -0.2) is 69.5 Å². The van der Waals surface area contributed by atoms with Crippen molar-refractivity contribution in [3.63, 3.8) is 0 Å². The third-order valence-corrected chi connectivity index (χ3v) is 4.67. The SMILES string of the molecule is [C-]#[N+]CCN1C[C@@H](F)C[C@H]1CNc1nc(Nc2cnn(CC(F)F)c2)ncc1C. The van der Waals surface area contributed by atoms with Crippen LogP contribution in [0.15, 0.2) is 18.6 Å². The van der Waals surface area contributed by atoms with Gasteiger partial charge < -0.3 is 15.5 Å². The molecule has 0 aromatic carbocycles. The maximum Gasteiger partial charge on any atom is 0.257 e. The van der Waals surface area contributed by atoms with Crippen molar-refractivity contribution in [2.75, 3.05) is 36.8 Å². The molecule has 0 unspecified atom stereocenters. The third-order valence-electron chi connectivity index (χ3n) is 4.67. The van der Waals surface area contributed by atoms with E-state index in [1.165, 1.54) is 12.4 Å². The molecule has 1 fully saturated rings. The van der Waals surface area contributed by atoms with E-state index in [4.69, 9.17) is 6.57 Å². The Kier molecular flexibility index (Phi) is 6.87. The van der Waals surface area contributed by atoms with E-state index in [9.17, 15) is 13.2 Å². The predicted molar refractivity (Wildman–Crippen MR) is 103 cm³/mol. The number of halogens is 3. The Morgan fingerprint density at radius 2 is 2.21 bits per heavy atom. The fourth-order valence-electron chi connectivity index (χ4n) is 3.28. The van der Waals surface area contributed by atoms with Gasteiger partial charge in [0.1, 0.15) is 18.5 Å². The largest absolute Gasteiger partial charge is 0.368 e. The molecule has 2 aromatic heterocycles. The molecule has 0 aliphatic carbocycles. The third kappa shape index (κ3) is 5.80. The van der Waals surface area contributed by atoms with Crippen molar-refractivity contribution in [3.05, 3.63) is 35.6 Å². The molecule has 8 nitrogen and oxygen atoms in total. The van der Waals surface area contributed by atoms with Gasteiger partial charge in [0.25, 0.3) is 6.43 Å². The summed E-state index contributed by atoms with van der Waals surface area (Å²) in [6.07, 6.45) is 1.57. The van der Waals surface area contributed by atoms with Gasteiger partial charge in [-0.05, 0) is 13.3 Å². The minimum absolute atomic E-state index is 0.00916. The van der Waals surface area contributed by atoms with Crippen LogP contribution in [0.5, 0.6) is 0 Å². The number of anilines is 3. The van der Waals surface area contributed by atoms with Crippen molar-refractivity contribution >= 4 is 17.5 Å². The highest BCUT2D eigenvalue weighted by atomic mass is 19.3. The first-order chi connectivity index (χ1) is 13.9. The van der Waals surface area contributed by atoms with Gasteiger partial charge in [0.2, 0.25) is 12.5 Å². The predicted octanol–water partition coefficient (Wildman–Crippen LogP) is 2.73. The highest BCUT2D eigenvalue weighted by Crippen LogP contribution is 2.22. The van der Waals surface area contributed by atoms with E-state index in [0.29, 0.717) is 50.1 Å². The molecule has 11 heteroatoms. The van der Waals surface area contributed by atoms with E-state index < -0.39 is 19.1 Å². The van der Waals surface area contributed by atoms with Crippen molar-refractivity contribution in [2.24, 2.45) is 0 Å². The lowest BCUT2D eigenvalue weighted by Gasteiger charge is -2.22. The molecule has 3 heterocycles. The van der Waals surface area contributed by atoms with Crippen LogP contribution >= 0.6 is 0 Å². The number of nitrogens with zero attached hydrogens (tertiary/aromatic N) is 6. The van der Waals surface area contributed by atoms with Gasteiger partial charge in [0.15, 0.2) is 0 Å². The van der Waals surface area contributed by atoms with Gasteiger partial charge in [-0.2, -0.15) is 10.1 Å². The van der Waals surface area contributed by atoms with Gasteiger partial charge in [0, 0.05) is 37.1 Å². The molecule has 0 spiro atoms. The summed E-state index contributed by atoms with van der Waals surface area (Å²) in [5.74, 6) is 0.907. The summed E-state index contributed by atoms with van der Waals surface area (Å²) < 4.78 is 39.8. The molecular formula is C18H23F3N8. The first-order valence-corrected chi connectivity index (χ1v) is 9.31. The van der Waals surface area contributed by atoms with E-state index in [1.54, 1.807) is 6.20 Å². The molecule has 2 N–H and O–H groups in total. The van der Waals surface area contributed by atoms with Crippen molar-refractivity contribution in [2.45, 2.75) is 38.5 Å². The topological polar surface area (TPSA) is 75.3 Å². The van der Waals surface area contributed by atoms with Crippen molar-refractivity contribution in [1.29, 1.82) is 0 Å². The number of aryl methyl sites for hydroxylation is 1. The van der Waals surface area contributed by atoms with Crippen LogP contribution < -0.4 is 10.6 Å². The fraction of sp³-hybridized carbons (Fsp3) is 0.556. The number of alkyl halides is 3. The fourth-order valence-corrected chi connectivity index (χ4v) is 3.28. The van der Waals surface area contributed by atoms with Crippen molar-refractivity contribution in [1.82, 2.24) is 24.6 Å². The molecule has 1 aliphatic heterocycles. The first-order valence-electron chi connectivity index (χ1n) is 9.31. The lowest BCUT2D eigenvalue weighted by molar-refractivity contribution is 0.122. The second-order valence-electron chi connectivity index (χ2n) is 6.94. The van der Waals surface area contributed by atoms with Gasteiger partial charge in [0.05, 0.1) is 18.4 Å². The highest BCUT2D eigenvalue weighted by molar-refractivity contribution is 5.54. The summed E-state index contributed by atoms with van der Waals surface area (Å²) in [7, 11) is 0. The minimum atomic E-state index is -2.48. The number of hydrogen-bond donors (Lipinski definition) is 2. The zero-order chi connectivity index (χ0) is 20.8. The lowest BCUT2D eigenvalue weighted by atomic mass is 10.2. The molecule has 2 aromatic rings. The Morgan fingerprint density at radius 3 is 2.97 bits per heavy atom. The summed E-state index contributed by atoms with van der Waals surface area (Å²) >= 11 is 0. The minimum Gasteiger partial charge on any atom is -0.368 e. The van der Waals surface area contributed by atoms with Crippen LogP contribution in [-0.2, 0) is 6.54 Å². The second kappa shape index (κ2) is 9.56. The molecule has 1 saturated heterocycles. The van der Waals surface area contributed by atoms with Crippen molar-refractivity contribution in [3.8, 4) is 0 Å². The van der Waals surface area contributed by atoms with Crippen LogP contribution in [0, 0.1) is 13.5 Å². The smallest absolute Gasteiger partial charge is 0.257 e. The van der Waals surface area contributed by atoms with Gasteiger partial charge in [-0.3, -0.25) is 9.58 Å². The molecule has 29 heavy (non-hydrogen) atoms. The first kappa shape index (κ1) is 20.9. The van der Waals surface area contributed by atoms with Gasteiger partial charge in [-0.15, -0.1) is 0 Å². The maximum absolute atomic E-state index is 13.8. The van der Waals surface area contributed by atoms with E-state index in [1.807, 2.05) is 11.8 Å². The normalized spacial score (nSPS) is 19.4. The zero-order valence-electron chi connectivity index (χ0n) is 16.0. The van der Waals surface area contributed by atoms with E-state index in [0.717, 1.165) is 10.2 Å². The van der Waals surface area contributed by atoms with Gasteiger partial charge >= 0.3 is 0 Å². The highest BCUT2D eigenvalue weighted by Gasteiger charge is 2.32. The Labute approximate surface area is 167 Å². The monoisotopic (exact) mass is 408 g/mol. The van der Waals surface area contributed by atoms with E-state index in [-0.39, 0.29) is 6.04 Å². The molecule has 1 aliphatic rings. The maximum atomic E-state index is 13.8. The van der Waals surface area contributed by atoms with Crippen LogP contribution in [0.1, 0.15) is 12.0 Å². The summed E-state index contributed by atoms with van der Waals surface area (Å²) in [6.45, 7) is 10.0. The lowest BCUT2D eigenvalue weighted by Crippen LogP contribution is -2.36. The number of likely N-dealkylation sites (tertiary alicyclic amines) is 1. The molecule has 0 bridgehead atoms. The van der Waals surface area contributed by atoms with Crippen molar-refractivity contribution < 1.29 is 13.2 Å². The Bertz CT molecular complexity index is 850. The van der Waals surface area contributed by atoms with E-state index >= 15 is 0 Å². The van der Waals surface area contributed by atoms with Gasteiger partial charge in [-0.25, -0.2) is 24.7 Å². The molecule has 3 rings (SSSR count). The van der Waals surface area contributed by atoms with Crippen LogP contribution in [0.2, 0.25) is 0 Å². The molecule has 0 saturated carbocycles. The van der Waals surface area contributed by atoms with Crippen LogP contribution in [0.25, 0.3) is 4.85 Å². The molecule has 0 amide bonds. The summed E-state index contributed by atoms with van der Waals surface area (Å²) in [4.78, 5) is 14.0. The number of rotatable bonds is 9. The molecule has 2 atom stereocenters. The Morgan fingerprint density at radius 1 is 1.38 bits per heavy atom. The second-order valence-corrected chi connectivity index (χ2v) is 6.94. The summed E-state index contributed by atoms with van der Waals surface area (Å²) in [6, 6.07) is -0.00916. The van der Waals surface area contributed by atoms with Crippen LogP contribution in [0.3, 0.4) is 0 Å².